The number of hydrogen-bond acceptors (Lipinski definition) is 3. The molecule has 1 atom stereocenters. The summed E-state index contributed by atoms with van der Waals surface area (Å²) >= 11 is 0. The van der Waals surface area contributed by atoms with Crippen LogP contribution in [-0.2, 0) is 16.0 Å². The van der Waals surface area contributed by atoms with Crippen LogP contribution in [-0.4, -0.2) is 35.7 Å². The average molecular weight is 369 g/mol. The minimum absolute atomic E-state index is 0.0732. The standard InChI is InChI=1S/C20H20FN3O3/c21-17-8-6-15(7-9-17)19(26)22-23-20(27)16-12-18(25)24(13-16)11-10-14-4-2-1-3-5-14/h1-9,16H,10-13H2,(H,22,26)(H,23,27). The van der Waals surface area contributed by atoms with Crippen molar-refractivity contribution in [1.29, 1.82) is 0 Å². The maximum Gasteiger partial charge on any atom is 0.269 e. The molecule has 1 aliphatic heterocycles. The van der Waals surface area contributed by atoms with Gasteiger partial charge in [-0.05, 0) is 36.2 Å². The van der Waals surface area contributed by atoms with Gasteiger partial charge >= 0.3 is 0 Å². The molecule has 1 heterocycles. The minimum atomic E-state index is -0.548. The third-order valence-corrected chi connectivity index (χ3v) is 4.50. The number of rotatable bonds is 5. The van der Waals surface area contributed by atoms with E-state index < -0.39 is 23.5 Å². The summed E-state index contributed by atoms with van der Waals surface area (Å²) in [7, 11) is 0. The quantitative estimate of drug-likeness (QED) is 0.787. The van der Waals surface area contributed by atoms with Gasteiger partial charge in [0.05, 0.1) is 5.92 Å². The SMILES string of the molecule is O=C(NNC(=O)C1CC(=O)N(CCc2ccccc2)C1)c1ccc(F)cc1. The van der Waals surface area contributed by atoms with Gasteiger partial charge in [-0.1, -0.05) is 30.3 Å². The number of hydrazine groups is 1. The first kappa shape index (κ1) is 18.6. The molecule has 2 N–H and O–H groups in total. The van der Waals surface area contributed by atoms with E-state index in [1.54, 1.807) is 4.90 Å². The van der Waals surface area contributed by atoms with Gasteiger partial charge in [0.25, 0.3) is 5.91 Å². The first-order valence-electron chi connectivity index (χ1n) is 8.70. The van der Waals surface area contributed by atoms with Gasteiger partial charge in [-0.25, -0.2) is 4.39 Å². The summed E-state index contributed by atoms with van der Waals surface area (Å²) in [6, 6.07) is 14.8. The predicted molar refractivity (Wildman–Crippen MR) is 96.8 cm³/mol. The largest absolute Gasteiger partial charge is 0.342 e. The molecule has 0 radical (unpaired) electrons. The number of benzene rings is 2. The lowest BCUT2D eigenvalue weighted by Gasteiger charge is -2.16. The molecular weight excluding hydrogens is 349 g/mol. The van der Waals surface area contributed by atoms with Gasteiger partial charge in [0, 0.05) is 25.1 Å². The molecule has 1 aliphatic rings. The summed E-state index contributed by atoms with van der Waals surface area (Å²) in [6.45, 7) is 0.873. The van der Waals surface area contributed by atoms with Crippen LogP contribution < -0.4 is 10.9 Å². The molecule has 3 rings (SSSR count). The summed E-state index contributed by atoms with van der Waals surface area (Å²) in [5.41, 5.74) is 5.99. The Bertz CT molecular complexity index is 824. The van der Waals surface area contributed by atoms with Crippen LogP contribution in [0.5, 0.6) is 0 Å². The Morgan fingerprint density at radius 3 is 2.44 bits per heavy atom. The highest BCUT2D eigenvalue weighted by Gasteiger charge is 2.34. The monoisotopic (exact) mass is 369 g/mol. The number of carbonyl (C=O) groups excluding carboxylic acids is 3. The van der Waals surface area contributed by atoms with Crippen molar-refractivity contribution in [2.45, 2.75) is 12.8 Å². The van der Waals surface area contributed by atoms with Crippen molar-refractivity contribution < 1.29 is 18.8 Å². The van der Waals surface area contributed by atoms with E-state index in [-0.39, 0.29) is 17.9 Å². The number of hydrogen-bond donors (Lipinski definition) is 2. The van der Waals surface area contributed by atoms with E-state index in [0.717, 1.165) is 24.1 Å². The van der Waals surface area contributed by atoms with Crippen LogP contribution in [0, 0.1) is 11.7 Å². The van der Waals surface area contributed by atoms with E-state index in [1.165, 1.54) is 12.1 Å². The highest BCUT2D eigenvalue weighted by atomic mass is 19.1. The Balaban J connectivity index is 1.47. The number of amides is 3. The fourth-order valence-electron chi connectivity index (χ4n) is 2.97. The van der Waals surface area contributed by atoms with E-state index >= 15 is 0 Å². The second-order valence-electron chi connectivity index (χ2n) is 6.43. The van der Waals surface area contributed by atoms with Crippen molar-refractivity contribution in [2.75, 3.05) is 13.1 Å². The summed E-state index contributed by atoms with van der Waals surface area (Å²) < 4.78 is 12.9. The predicted octanol–water partition coefficient (Wildman–Crippen LogP) is 1.68. The molecule has 27 heavy (non-hydrogen) atoms. The lowest BCUT2D eigenvalue weighted by molar-refractivity contribution is -0.129. The molecule has 1 fully saturated rings. The fourth-order valence-corrected chi connectivity index (χ4v) is 2.97. The molecule has 3 amide bonds. The van der Waals surface area contributed by atoms with Gasteiger partial charge in [-0.2, -0.15) is 0 Å². The molecular formula is C20H20FN3O3. The van der Waals surface area contributed by atoms with Gasteiger partial charge in [0.15, 0.2) is 0 Å². The second kappa shape index (κ2) is 8.44. The van der Waals surface area contributed by atoms with E-state index in [4.69, 9.17) is 0 Å². The first-order chi connectivity index (χ1) is 13.0. The first-order valence-corrected chi connectivity index (χ1v) is 8.70. The Morgan fingerprint density at radius 1 is 1.04 bits per heavy atom. The number of carbonyl (C=O) groups is 3. The average Bonchev–Trinajstić information content (AvgIpc) is 3.06. The van der Waals surface area contributed by atoms with Gasteiger partial charge in [-0.3, -0.25) is 25.2 Å². The van der Waals surface area contributed by atoms with Crippen LogP contribution in [0.3, 0.4) is 0 Å². The molecule has 6 nitrogen and oxygen atoms in total. The third kappa shape index (κ3) is 4.91. The summed E-state index contributed by atoms with van der Waals surface area (Å²) in [4.78, 5) is 38.0. The van der Waals surface area contributed by atoms with Gasteiger partial charge in [-0.15, -0.1) is 0 Å². The molecule has 1 saturated heterocycles. The fraction of sp³-hybridized carbons (Fsp3) is 0.250. The highest BCUT2D eigenvalue weighted by Crippen LogP contribution is 2.18. The van der Waals surface area contributed by atoms with E-state index in [1.807, 2.05) is 30.3 Å². The molecule has 0 spiro atoms. The van der Waals surface area contributed by atoms with Gasteiger partial charge in [0.1, 0.15) is 5.82 Å². The molecule has 0 aliphatic carbocycles. The molecule has 7 heteroatoms. The van der Waals surface area contributed by atoms with Crippen molar-refractivity contribution >= 4 is 17.7 Å². The van der Waals surface area contributed by atoms with Crippen LogP contribution in [0.2, 0.25) is 0 Å². The number of nitrogens with zero attached hydrogens (tertiary/aromatic N) is 1. The zero-order valence-electron chi connectivity index (χ0n) is 14.7. The Labute approximate surface area is 156 Å². The lowest BCUT2D eigenvalue weighted by atomic mass is 10.1. The number of nitrogens with one attached hydrogen (secondary N) is 2. The number of likely N-dealkylation sites (tertiary alicyclic amines) is 1. The van der Waals surface area contributed by atoms with Crippen LogP contribution in [0.15, 0.2) is 54.6 Å². The topological polar surface area (TPSA) is 78.5 Å². The Hall–Kier alpha value is -3.22. The highest BCUT2D eigenvalue weighted by molar-refractivity contribution is 5.96. The molecule has 140 valence electrons. The lowest BCUT2D eigenvalue weighted by Crippen LogP contribution is -2.45. The van der Waals surface area contributed by atoms with Crippen LogP contribution in [0.25, 0.3) is 0 Å². The van der Waals surface area contributed by atoms with Crippen molar-refractivity contribution in [3.63, 3.8) is 0 Å². The normalized spacial score (nSPS) is 16.3. The van der Waals surface area contributed by atoms with Crippen molar-refractivity contribution in [3.05, 3.63) is 71.5 Å². The Kier molecular flexibility index (Phi) is 5.80. The molecule has 1 unspecified atom stereocenters. The van der Waals surface area contributed by atoms with Crippen LogP contribution >= 0.6 is 0 Å². The summed E-state index contributed by atoms with van der Waals surface area (Å²) in [5, 5.41) is 0. The third-order valence-electron chi connectivity index (χ3n) is 4.50. The molecule has 0 bridgehead atoms. The molecule has 2 aromatic carbocycles. The van der Waals surface area contributed by atoms with Crippen molar-refractivity contribution in [3.8, 4) is 0 Å². The van der Waals surface area contributed by atoms with Crippen LogP contribution in [0.4, 0.5) is 4.39 Å². The zero-order chi connectivity index (χ0) is 19.2. The van der Waals surface area contributed by atoms with Gasteiger partial charge < -0.3 is 4.90 Å². The van der Waals surface area contributed by atoms with Crippen molar-refractivity contribution in [2.24, 2.45) is 5.92 Å². The Morgan fingerprint density at radius 2 is 1.74 bits per heavy atom. The summed E-state index contributed by atoms with van der Waals surface area (Å²) in [6.07, 6.45) is 0.843. The molecule has 0 saturated carbocycles. The zero-order valence-corrected chi connectivity index (χ0v) is 14.7. The van der Waals surface area contributed by atoms with E-state index in [9.17, 15) is 18.8 Å². The second-order valence-corrected chi connectivity index (χ2v) is 6.43. The minimum Gasteiger partial charge on any atom is -0.342 e. The van der Waals surface area contributed by atoms with Crippen molar-refractivity contribution in [1.82, 2.24) is 15.8 Å². The van der Waals surface area contributed by atoms with E-state index in [0.29, 0.717) is 13.1 Å². The maximum atomic E-state index is 12.9. The smallest absolute Gasteiger partial charge is 0.269 e. The maximum absolute atomic E-state index is 12.9. The molecule has 0 aromatic heterocycles. The number of halogens is 1. The van der Waals surface area contributed by atoms with Gasteiger partial charge in [0.2, 0.25) is 11.8 Å². The summed E-state index contributed by atoms with van der Waals surface area (Å²) in [5.74, 6) is -2.00. The van der Waals surface area contributed by atoms with Crippen LogP contribution in [0.1, 0.15) is 22.3 Å². The molecule has 2 aromatic rings. The van der Waals surface area contributed by atoms with E-state index in [2.05, 4.69) is 10.9 Å².